The van der Waals surface area contributed by atoms with E-state index in [-0.39, 0.29) is 5.91 Å². The van der Waals surface area contributed by atoms with Crippen LogP contribution in [0.1, 0.15) is 35.7 Å². The quantitative estimate of drug-likeness (QED) is 0.615. The molecule has 0 aromatic heterocycles. The molecule has 0 saturated carbocycles. The Morgan fingerprint density at radius 3 is 2.47 bits per heavy atom. The van der Waals surface area contributed by atoms with Gasteiger partial charge in [-0.2, -0.15) is 5.26 Å². The largest absolute Gasteiger partial charge is 0.371 e. The van der Waals surface area contributed by atoms with E-state index in [0.717, 1.165) is 35.8 Å². The molecule has 150 valence electrons. The smallest absolute Gasteiger partial charge is 0.255 e. The summed E-state index contributed by atoms with van der Waals surface area (Å²) in [5.74, 6) is 0.554. The standard InChI is InChI=1S/C26H25N3O/c1-19-12-14-29(15-13-19)24-9-5-8-22(16-24)26(30)28-25-17-21(10-11-23(25)18-27)20-6-3-2-4-7-20/h2-11,16-17,19H,12-15H2,1H3,(H,28,30). The highest BCUT2D eigenvalue weighted by Gasteiger charge is 2.17. The predicted molar refractivity (Wildman–Crippen MR) is 122 cm³/mol. The van der Waals surface area contributed by atoms with E-state index in [1.54, 1.807) is 6.07 Å². The van der Waals surface area contributed by atoms with Gasteiger partial charge in [0.05, 0.1) is 11.3 Å². The lowest BCUT2D eigenvalue weighted by Crippen LogP contribution is -2.32. The average molecular weight is 396 g/mol. The van der Waals surface area contributed by atoms with Gasteiger partial charge in [0.2, 0.25) is 0 Å². The van der Waals surface area contributed by atoms with E-state index in [4.69, 9.17) is 0 Å². The van der Waals surface area contributed by atoms with Crippen molar-refractivity contribution >= 4 is 17.3 Å². The Balaban J connectivity index is 1.57. The number of carbonyl (C=O) groups excluding carboxylic acids is 1. The van der Waals surface area contributed by atoms with Gasteiger partial charge in [-0.3, -0.25) is 4.79 Å². The minimum atomic E-state index is -0.205. The molecule has 1 N–H and O–H groups in total. The van der Waals surface area contributed by atoms with E-state index in [1.807, 2.05) is 60.7 Å². The summed E-state index contributed by atoms with van der Waals surface area (Å²) in [6.07, 6.45) is 2.35. The Morgan fingerprint density at radius 1 is 0.967 bits per heavy atom. The van der Waals surface area contributed by atoms with E-state index in [9.17, 15) is 10.1 Å². The zero-order valence-corrected chi connectivity index (χ0v) is 17.1. The van der Waals surface area contributed by atoms with Gasteiger partial charge < -0.3 is 10.2 Å². The molecule has 0 aliphatic carbocycles. The van der Waals surface area contributed by atoms with Crippen molar-refractivity contribution in [2.24, 2.45) is 5.92 Å². The Hall–Kier alpha value is -3.58. The summed E-state index contributed by atoms with van der Waals surface area (Å²) in [7, 11) is 0. The number of rotatable bonds is 4. The predicted octanol–water partition coefficient (Wildman–Crippen LogP) is 5.71. The number of anilines is 2. The third-order valence-electron chi connectivity index (χ3n) is 5.75. The number of benzene rings is 3. The van der Waals surface area contributed by atoms with Crippen LogP contribution in [0.5, 0.6) is 0 Å². The molecule has 0 bridgehead atoms. The van der Waals surface area contributed by atoms with Gasteiger partial charge >= 0.3 is 0 Å². The minimum absolute atomic E-state index is 0.205. The van der Waals surface area contributed by atoms with Crippen molar-refractivity contribution in [1.29, 1.82) is 5.26 Å². The highest BCUT2D eigenvalue weighted by molar-refractivity contribution is 6.05. The molecule has 0 radical (unpaired) electrons. The van der Waals surface area contributed by atoms with Crippen LogP contribution in [0.15, 0.2) is 72.8 Å². The van der Waals surface area contributed by atoms with Crippen molar-refractivity contribution in [3.05, 3.63) is 83.9 Å². The van der Waals surface area contributed by atoms with E-state index in [0.29, 0.717) is 16.8 Å². The average Bonchev–Trinajstić information content (AvgIpc) is 2.80. The van der Waals surface area contributed by atoms with Gasteiger partial charge in [0, 0.05) is 24.3 Å². The first-order valence-electron chi connectivity index (χ1n) is 10.4. The third-order valence-corrected chi connectivity index (χ3v) is 5.75. The first-order chi connectivity index (χ1) is 14.6. The van der Waals surface area contributed by atoms with Gasteiger partial charge in [-0.25, -0.2) is 0 Å². The lowest BCUT2D eigenvalue weighted by atomic mass is 9.98. The SMILES string of the molecule is CC1CCN(c2cccc(C(=O)Nc3cc(-c4ccccc4)ccc3C#N)c2)CC1. The van der Waals surface area contributed by atoms with Gasteiger partial charge in [0.1, 0.15) is 6.07 Å². The van der Waals surface area contributed by atoms with Crippen LogP contribution in [0, 0.1) is 17.2 Å². The van der Waals surface area contributed by atoms with E-state index in [1.165, 1.54) is 12.8 Å². The number of piperidine rings is 1. The van der Waals surface area contributed by atoms with Crippen LogP contribution >= 0.6 is 0 Å². The van der Waals surface area contributed by atoms with Crippen LogP contribution in [0.4, 0.5) is 11.4 Å². The molecule has 1 saturated heterocycles. The van der Waals surface area contributed by atoms with Gasteiger partial charge in [-0.1, -0.05) is 49.4 Å². The Kier molecular flexibility index (Phi) is 5.81. The number of amides is 1. The molecule has 0 atom stereocenters. The Labute approximate surface area is 177 Å². The number of nitrogens with one attached hydrogen (secondary N) is 1. The molecule has 4 heteroatoms. The summed E-state index contributed by atoms with van der Waals surface area (Å²) in [6, 6.07) is 25.4. The zero-order chi connectivity index (χ0) is 20.9. The van der Waals surface area contributed by atoms with Gasteiger partial charge in [0.15, 0.2) is 0 Å². The lowest BCUT2D eigenvalue weighted by Gasteiger charge is -2.32. The maximum Gasteiger partial charge on any atom is 0.255 e. The normalized spacial score (nSPS) is 14.2. The molecule has 0 spiro atoms. The van der Waals surface area contributed by atoms with Crippen molar-refractivity contribution in [2.45, 2.75) is 19.8 Å². The summed E-state index contributed by atoms with van der Waals surface area (Å²) >= 11 is 0. The van der Waals surface area contributed by atoms with Crippen molar-refractivity contribution in [3.63, 3.8) is 0 Å². The van der Waals surface area contributed by atoms with Crippen LogP contribution in [-0.4, -0.2) is 19.0 Å². The summed E-state index contributed by atoms with van der Waals surface area (Å²) in [6.45, 7) is 4.32. The van der Waals surface area contributed by atoms with E-state index < -0.39 is 0 Å². The van der Waals surface area contributed by atoms with Crippen LogP contribution in [-0.2, 0) is 0 Å². The number of nitrogens with zero attached hydrogens (tertiary/aromatic N) is 2. The minimum Gasteiger partial charge on any atom is -0.371 e. The fourth-order valence-electron chi connectivity index (χ4n) is 3.86. The summed E-state index contributed by atoms with van der Waals surface area (Å²) in [4.78, 5) is 15.3. The molecule has 1 aliphatic rings. The van der Waals surface area contributed by atoms with E-state index in [2.05, 4.69) is 29.3 Å². The summed E-state index contributed by atoms with van der Waals surface area (Å²) in [5.41, 5.74) is 4.65. The van der Waals surface area contributed by atoms with Crippen molar-refractivity contribution in [3.8, 4) is 17.2 Å². The molecule has 4 rings (SSSR count). The maximum absolute atomic E-state index is 13.0. The highest BCUT2D eigenvalue weighted by Crippen LogP contribution is 2.27. The molecular formula is C26H25N3O. The molecule has 30 heavy (non-hydrogen) atoms. The molecule has 1 fully saturated rings. The second-order valence-corrected chi connectivity index (χ2v) is 7.91. The van der Waals surface area contributed by atoms with Gasteiger partial charge in [-0.15, -0.1) is 0 Å². The van der Waals surface area contributed by atoms with Crippen LogP contribution in [0.3, 0.4) is 0 Å². The monoisotopic (exact) mass is 395 g/mol. The lowest BCUT2D eigenvalue weighted by molar-refractivity contribution is 0.102. The number of nitriles is 1. The first-order valence-corrected chi connectivity index (χ1v) is 10.4. The fourth-order valence-corrected chi connectivity index (χ4v) is 3.86. The zero-order valence-electron chi connectivity index (χ0n) is 17.1. The maximum atomic E-state index is 13.0. The Morgan fingerprint density at radius 2 is 1.73 bits per heavy atom. The first kappa shape index (κ1) is 19.7. The fraction of sp³-hybridized carbons (Fsp3) is 0.231. The molecule has 3 aromatic carbocycles. The molecule has 4 nitrogen and oxygen atoms in total. The number of hydrogen-bond acceptors (Lipinski definition) is 3. The molecule has 0 unspecified atom stereocenters. The van der Waals surface area contributed by atoms with E-state index >= 15 is 0 Å². The van der Waals surface area contributed by atoms with Crippen LogP contribution < -0.4 is 10.2 Å². The second kappa shape index (κ2) is 8.84. The van der Waals surface area contributed by atoms with Crippen molar-refractivity contribution < 1.29 is 4.79 Å². The summed E-state index contributed by atoms with van der Waals surface area (Å²) < 4.78 is 0. The molecular weight excluding hydrogens is 370 g/mol. The van der Waals surface area contributed by atoms with Crippen molar-refractivity contribution in [1.82, 2.24) is 0 Å². The second-order valence-electron chi connectivity index (χ2n) is 7.91. The van der Waals surface area contributed by atoms with Gasteiger partial charge in [-0.05, 0) is 60.2 Å². The molecule has 1 amide bonds. The number of hydrogen-bond donors (Lipinski definition) is 1. The number of carbonyl (C=O) groups is 1. The Bertz CT molecular complexity index is 1080. The highest BCUT2D eigenvalue weighted by atomic mass is 16.1. The van der Waals surface area contributed by atoms with Crippen LogP contribution in [0.2, 0.25) is 0 Å². The van der Waals surface area contributed by atoms with Gasteiger partial charge in [0.25, 0.3) is 5.91 Å². The topological polar surface area (TPSA) is 56.1 Å². The van der Waals surface area contributed by atoms with Crippen molar-refractivity contribution in [2.75, 3.05) is 23.3 Å². The molecule has 3 aromatic rings. The third kappa shape index (κ3) is 4.36. The summed E-state index contributed by atoms with van der Waals surface area (Å²) in [5, 5.41) is 12.4. The van der Waals surface area contributed by atoms with Crippen LogP contribution in [0.25, 0.3) is 11.1 Å². The molecule has 1 heterocycles. The molecule has 1 aliphatic heterocycles.